The maximum absolute atomic E-state index is 6.15. The predicted octanol–water partition coefficient (Wildman–Crippen LogP) is 7.25. The summed E-state index contributed by atoms with van der Waals surface area (Å²) >= 11 is 0. The summed E-state index contributed by atoms with van der Waals surface area (Å²) in [5.74, 6) is 2.27. The van der Waals surface area contributed by atoms with Crippen LogP contribution in [0.2, 0.25) is 0 Å². The SMILES string of the molecule is Cc1cccc(OCc2nc3c4c(-c5ccccc5)c(-c5ccccc5)n(Cc5ccco5)c4ncn3n2)c1C. The third-order valence-electron chi connectivity index (χ3n) is 7.34. The summed E-state index contributed by atoms with van der Waals surface area (Å²) in [7, 11) is 0. The molecule has 0 atom stereocenters. The van der Waals surface area contributed by atoms with Crippen LogP contribution in [0.4, 0.5) is 0 Å². The molecule has 0 unspecified atom stereocenters. The van der Waals surface area contributed by atoms with Gasteiger partial charge in [0, 0.05) is 5.56 Å². The number of hydrogen-bond donors (Lipinski definition) is 0. The predicted molar refractivity (Wildman–Crippen MR) is 155 cm³/mol. The second kappa shape index (κ2) is 9.85. The van der Waals surface area contributed by atoms with E-state index in [1.165, 1.54) is 5.56 Å². The Hall–Kier alpha value is -5.17. The van der Waals surface area contributed by atoms with Gasteiger partial charge in [0.15, 0.2) is 11.5 Å². The largest absolute Gasteiger partial charge is 0.485 e. The van der Waals surface area contributed by atoms with Gasteiger partial charge in [-0.15, -0.1) is 5.10 Å². The topological polar surface area (TPSA) is 70.4 Å². The van der Waals surface area contributed by atoms with Crippen molar-refractivity contribution < 1.29 is 9.15 Å². The summed E-state index contributed by atoms with van der Waals surface area (Å²) in [4.78, 5) is 9.91. The van der Waals surface area contributed by atoms with E-state index in [9.17, 15) is 0 Å². The van der Waals surface area contributed by atoms with Crippen LogP contribution in [-0.4, -0.2) is 24.1 Å². The first kappa shape index (κ1) is 23.9. The van der Waals surface area contributed by atoms with Crippen molar-refractivity contribution in [2.24, 2.45) is 0 Å². The van der Waals surface area contributed by atoms with Crippen LogP contribution in [0.3, 0.4) is 0 Å². The smallest absolute Gasteiger partial charge is 0.189 e. The molecule has 7 rings (SSSR count). The fourth-order valence-corrected chi connectivity index (χ4v) is 5.26. The molecule has 7 heteroatoms. The zero-order valence-corrected chi connectivity index (χ0v) is 22.3. The summed E-state index contributed by atoms with van der Waals surface area (Å²) in [5.41, 5.74) is 8.12. The number of benzene rings is 3. The van der Waals surface area contributed by atoms with E-state index in [0.29, 0.717) is 12.4 Å². The highest BCUT2D eigenvalue weighted by Crippen LogP contribution is 2.42. The molecule has 0 fully saturated rings. The van der Waals surface area contributed by atoms with Crippen molar-refractivity contribution in [3.05, 3.63) is 126 Å². The first-order valence-electron chi connectivity index (χ1n) is 13.3. The molecule has 3 aromatic carbocycles. The number of nitrogens with zero attached hydrogens (tertiary/aromatic N) is 5. The van der Waals surface area contributed by atoms with Gasteiger partial charge in [-0.1, -0.05) is 72.8 Å². The molecule has 4 aromatic heterocycles. The fourth-order valence-electron chi connectivity index (χ4n) is 5.26. The lowest BCUT2D eigenvalue weighted by Gasteiger charge is -2.11. The van der Waals surface area contributed by atoms with E-state index in [4.69, 9.17) is 24.2 Å². The van der Waals surface area contributed by atoms with E-state index in [1.807, 2.05) is 36.4 Å². The molecule has 4 heterocycles. The van der Waals surface area contributed by atoms with Crippen LogP contribution in [0.5, 0.6) is 5.75 Å². The van der Waals surface area contributed by atoms with Crippen LogP contribution in [0.15, 0.2) is 108 Å². The molecule has 196 valence electrons. The molecule has 0 radical (unpaired) electrons. The molecule has 7 nitrogen and oxygen atoms in total. The quantitative estimate of drug-likeness (QED) is 0.219. The van der Waals surface area contributed by atoms with Crippen molar-refractivity contribution in [3.8, 4) is 28.1 Å². The summed E-state index contributed by atoms with van der Waals surface area (Å²) in [6.45, 7) is 4.93. The van der Waals surface area contributed by atoms with Gasteiger partial charge < -0.3 is 13.7 Å². The third kappa shape index (κ3) is 4.12. The maximum Gasteiger partial charge on any atom is 0.189 e. The van der Waals surface area contributed by atoms with Crippen molar-refractivity contribution in [1.29, 1.82) is 0 Å². The molecule has 0 saturated heterocycles. The van der Waals surface area contributed by atoms with Gasteiger partial charge in [0.1, 0.15) is 30.1 Å². The molecule has 0 aliphatic heterocycles. The number of ether oxygens (including phenoxy) is 1. The zero-order chi connectivity index (χ0) is 27.1. The van der Waals surface area contributed by atoms with Crippen LogP contribution < -0.4 is 4.74 Å². The van der Waals surface area contributed by atoms with Gasteiger partial charge in [0.2, 0.25) is 0 Å². The van der Waals surface area contributed by atoms with E-state index in [2.05, 4.69) is 73.0 Å². The van der Waals surface area contributed by atoms with Crippen LogP contribution in [0.1, 0.15) is 22.7 Å². The normalized spacial score (nSPS) is 11.4. The Balaban J connectivity index is 1.45. The van der Waals surface area contributed by atoms with Crippen molar-refractivity contribution in [2.75, 3.05) is 0 Å². The standard InChI is InChI=1S/C33H27N5O2/c1-22-11-9-17-27(23(22)2)40-20-28-35-33-30-29(24-12-5-3-6-13-24)31(25-14-7-4-8-15-25)37(19-26-16-10-18-39-26)32(30)34-21-38(33)36-28/h3-18,21H,19-20H2,1-2H3. The number of rotatable bonds is 7. The molecule has 40 heavy (non-hydrogen) atoms. The number of furan rings is 1. The van der Waals surface area contributed by atoms with Crippen LogP contribution in [0, 0.1) is 13.8 Å². The Kier molecular flexibility index (Phi) is 5.89. The minimum atomic E-state index is 0.257. The number of fused-ring (bicyclic) bond motifs is 3. The first-order chi connectivity index (χ1) is 19.7. The van der Waals surface area contributed by atoms with Crippen molar-refractivity contribution in [2.45, 2.75) is 27.0 Å². The molecular formula is C33H27N5O2. The van der Waals surface area contributed by atoms with Crippen molar-refractivity contribution in [1.82, 2.24) is 24.1 Å². The molecule has 0 spiro atoms. The second-order valence-electron chi connectivity index (χ2n) is 9.85. The van der Waals surface area contributed by atoms with E-state index in [0.717, 1.165) is 56.1 Å². The molecule has 0 saturated carbocycles. The molecule has 0 amide bonds. The number of aryl methyl sites for hydroxylation is 1. The molecule has 0 aliphatic rings. The Morgan fingerprint density at radius 1 is 0.800 bits per heavy atom. The molecule has 7 aromatic rings. The minimum Gasteiger partial charge on any atom is -0.485 e. The van der Waals surface area contributed by atoms with Gasteiger partial charge in [-0.05, 0) is 54.3 Å². The highest BCUT2D eigenvalue weighted by Gasteiger charge is 2.25. The second-order valence-corrected chi connectivity index (χ2v) is 9.85. The van der Waals surface area contributed by atoms with Crippen LogP contribution in [0.25, 0.3) is 39.1 Å². The lowest BCUT2D eigenvalue weighted by atomic mass is 9.99. The summed E-state index contributed by atoms with van der Waals surface area (Å²) in [5, 5.41) is 5.68. The first-order valence-corrected chi connectivity index (χ1v) is 13.3. The molecular weight excluding hydrogens is 498 g/mol. The lowest BCUT2D eigenvalue weighted by Crippen LogP contribution is -2.03. The molecule has 0 aliphatic carbocycles. The van der Waals surface area contributed by atoms with Crippen LogP contribution in [-0.2, 0) is 13.2 Å². The van der Waals surface area contributed by atoms with Crippen LogP contribution >= 0.6 is 0 Å². The minimum absolute atomic E-state index is 0.257. The molecule has 0 N–H and O–H groups in total. The average molecular weight is 526 g/mol. The highest BCUT2D eigenvalue weighted by atomic mass is 16.5. The molecule has 0 bridgehead atoms. The Labute approximate surface area is 231 Å². The van der Waals surface area contributed by atoms with E-state index >= 15 is 0 Å². The number of aromatic nitrogens is 5. The van der Waals surface area contributed by atoms with E-state index in [1.54, 1.807) is 17.1 Å². The maximum atomic E-state index is 6.15. The Bertz CT molecular complexity index is 1940. The van der Waals surface area contributed by atoms with E-state index < -0.39 is 0 Å². The zero-order valence-electron chi connectivity index (χ0n) is 22.3. The van der Waals surface area contributed by atoms with Gasteiger partial charge in [0.25, 0.3) is 0 Å². The summed E-state index contributed by atoms with van der Waals surface area (Å²) in [6.07, 6.45) is 3.43. The fraction of sp³-hybridized carbons (Fsp3) is 0.121. The summed E-state index contributed by atoms with van der Waals surface area (Å²) in [6, 6.07) is 30.8. The Morgan fingerprint density at radius 2 is 1.57 bits per heavy atom. The van der Waals surface area contributed by atoms with Gasteiger partial charge in [-0.2, -0.15) is 0 Å². The average Bonchev–Trinajstić information content (AvgIpc) is 3.73. The van der Waals surface area contributed by atoms with Crippen molar-refractivity contribution >= 4 is 16.7 Å². The number of hydrogen-bond acceptors (Lipinski definition) is 5. The monoisotopic (exact) mass is 525 g/mol. The highest BCUT2D eigenvalue weighted by molar-refractivity contribution is 6.09. The summed E-state index contributed by atoms with van der Waals surface area (Å²) < 4.78 is 15.9. The van der Waals surface area contributed by atoms with Gasteiger partial charge in [0.05, 0.1) is 23.9 Å². The van der Waals surface area contributed by atoms with E-state index in [-0.39, 0.29) is 6.61 Å². The Morgan fingerprint density at radius 3 is 2.33 bits per heavy atom. The lowest BCUT2D eigenvalue weighted by molar-refractivity contribution is 0.294. The third-order valence-corrected chi connectivity index (χ3v) is 7.34. The van der Waals surface area contributed by atoms with Gasteiger partial charge >= 0.3 is 0 Å². The van der Waals surface area contributed by atoms with Gasteiger partial charge in [-0.25, -0.2) is 14.5 Å². The van der Waals surface area contributed by atoms with Crippen molar-refractivity contribution in [3.63, 3.8) is 0 Å². The van der Waals surface area contributed by atoms with Gasteiger partial charge in [-0.3, -0.25) is 0 Å².